The minimum Gasteiger partial charge on any atom is -0.469 e. The highest BCUT2D eigenvalue weighted by Gasteiger charge is 2.38. The lowest BCUT2D eigenvalue weighted by Gasteiger charge is -2.23. The summed E-state index contributed by atoms with van der Waals surface area (Å²) in [7, 11) is 3.33. The number of carbonyl (C=O) groups is 4. The smallest absolute Gasteiger partial charge is 0.329 e. The van der Waals surface area contributed by atoms with E-state index in [0.29, 0.717) is 5.02 Å². The van der Waals surface area contributed by atoms with E-state index >= 15 is 0 Å². The van der Waals surface area contributed by atoms with Crippen molar-refractivity contribution in [3.63, 3.8) is 0 Å². The Kier molecular flexibility index (Phi) is 7.87. The zero-order chi connectivity index (χ0) is 19.0. The van der Waals surface area contributed by atoms with Gasteiger partial charge in [-0.05, 0) is 24.3 Å². The van der Waals surface area contributed by atoms with Gasteiger partial charge >= 0.3 is 17.9 Å². The molecule has 1 aromatic carbocycles. The first-order valence-corrected chi connectivity index (χ1v) is 7.50. The van der Waals surface area contributed by atoms with Gasteiger partial charge in [0.05, 0.1) is 33.7 Å². The van der Waals surface area contributed by atoms with E-state index in [1.54, 1.807) is 0 Å². The second-order valence-corrected chi connectivity index (χ2v) is 5.33. The number of esters is 3. The van der Waals surface area contributed by atoms with Crippen LogP contribution in [0.4, 0.5) is 0 Å². The molecule has 1 aromatic rings. The van der Waals surface area contributed by atoms with E-state index in [2.05, 4.69) is 19.5 Å². The third-order valence-electron chi connectivity index (χ3n) is 3.37. The van der Waals surface area contributed by atoms with E-state index in [1.165, 1.54) is 24.3 Å². The highest BCUT2D eigenvalue weighted by atomic mass is 35.5. The van der Waals surface area contributed by atoms with Crippen molar-refractivity contribution in [1.82, 2.24) is 5.32 Å². The Balaban J connectivity index is 3.09. The molecule has 0 bridgehead atoms. The number of carbonyl (C=O) groups excluding carboxylic acids is 4. The van der Waals surface area contributed by atoms with Crippen LogP contribution in [-0.4, -0.2) is 51.2 Å². The molecule has 0 aliphatic rings. The maximum atomic E-state index is 12.3. The molecule has 1 amide bonds. The Morgan fingerprint density at radius 3 is 2.00 bits per heavy atom. The van der Waals surface area contributed by atoms with Crippen molar-refractivity contribution >= 4 is 35.4 Å². The topological polar surface area (TPSA) is 108 Å². The van der Waals surface area contributed by atoms with Gasteiger partial charge in [0.15, 0.2) is 0 Å². The predicted octanol–water partition coefficient (Wildman–Crippen LogP) is 0.964. The predicted molar refractivity (Wildman–Crippen MR) is 86.9 cm³/mol. The number of amides is 1. The zero-order valence-corrected chi connectivity index (χ0v) is 14.7. The summed E-state index contributed by atoms with van der Waals surface area (Å²) in [5.74, 6) is -4.46. The highest BCUT2D eigenvalue weighted by molar-refractivity contribution is 6.30. The van der Waals surface area contributed by atoms with E-state index in [4.69, 9.17) is 11.6 Å². The lowest BCUT2D eigenvalue weighted by atomic mass is 9.95. The van der Waals surface area contributed by atoms with Gasteiger partial charge in [0.1, 0.15) is 6.04 Å². The number of nitrogens with one attached hydrogen (secondary N) is 1. The first-order valence-electron chi connectivity index (χ1n) is 7.13. The number of benzene rings is 1. The Bertz CT molecular complexity index is 644. The van der Waals surface area contributed by atoms with Gasteiger partial charge in [0, 0.05) is 10.6 Å². The quantitative estimate of drug-likeness (QED) is 0.561. The molecular formula is C16H18ClNO7. The van der Waals surface area contributed by atoms with Gasteiger partial charge in [-0.25, -0.2) is 4.79 Å². The first-order chi connectivity index (χ1) is 11.8. The average Bonchev–Trinajstić information content (AvgIpc) is 2.63. The van der Waals surface area contributed by atoms with Crippen LogP contribution in [0.25, 0.3) is 0 Å². The van der Waals surface area contributed by atoms with Crippen LogP contribution >= 0.6 is 11.6 Å². The molecule has 0 radical (unpaired) electrons. The van der Waals surface area contributed by atoms with Crippen molar-refractivity contribution in [2.45, 2.75) is 12.5 Å². The number of hydrogen-bond acceptors (Lipinski definition) is 7. The Labute approximate surface area is 149 Å². The lowest BCUT2D eigenvalue weighted by molar-refractivity contribution is -0.158. The third-order valence-corrected chi connectivity index (χ3v) is 3.62. The first kappa shape index (κ1) is 20.4. The summed E-state index contributed by atoms with van der Waals surface area (Å²) in [6.45, 7) is 0. The van der Waals surface area contributed by atoms with E-state index in [-0.39, 0.29) is 5.56 Å². The number of halogens is 1. The van der Waals surface area contributed by atoms with Crippen molar-refractivity contribution in [1.29, 1.82) is 0 Å². The molecule has 0 heterocycles. The summed E-state index contributed by atoms with van der Waals surface area (Å²) in [5, 5.41) is 2.81. The van der Waals surface area contributed by atoms with Crippen molar-refractivity contribution < 1.29 is 33.4 Å². The Morgan fingerprint density at radius 1 is 0.960 bits per heavy atom. The number of rotatable bonds is 7. The van der Waals surface area contributed by atoms with Crippen molar-refractivity contribution in [3.05, 3.63) is 34.9 Å². The van der Waals surface area contributed by atoms with Gasteiger partial charge in [0.25, 0.3) is 5.91 Å². The summed E-state index contributed by atoms with van der Waals surface area (Å²) in [4.78, 5) is 47.9. The molecule has 2 atom stereocenters. The van der Waals surface area contributed by atoms with Crippen LogP contribution in [0.3, 0.4) is 0 Å². The SMILES string of the molecule is COC(=O)C[C@H](C(=O)OC)[C@@H](NC(=O)c1ccc(Cl)cc1)C(=O)OC. The third kappa shape index (κ3) is 5.75. The van der Waals surface area contributed by atoms with Crippen LogP contribution in [-0.2, 0) is 28.6 Å². The Hall–Kier alpha value is -2.61. The molecule has 0 spiro atoms. The van der Waals surface area contributed by atoms with E-state index in [9.17, 15) is 19.2 Å². The van der Waals surface area contributed by atoms with Gasteiger partial charge in [-0.1, -0.05) is 11.6 Å². The van der Waals surface area contributed by atoms with Crippen LogP contribution in [0.15, 0.2) is 24.3 Å². The molecule has 0 aliphatic heterocycles. The maximum Gasteiger partial charge on any atom is 0.329 e. The van der Waals surface area contributed by atoms with Crippen molar-refractivity contribution in [3.8, 4) is 0 Å². The molecule has 0 aliphatic carbocycles. The van der Waals surface area contributed by atoms with Gasteiger partial charge in [-0.3, -0.25) is 14.4 Å². The summed E-state index contributed by atoms with van der Waals surface area (Å²) in [6, 6.07) is 4.45. The van der Waals surface area contributed by atoms with Crippen LogP contribution < -0.4 is 5.32 Å². The second-order valence-electron chi connectivity index (χ2n) is 4.89. The summed E-state index contributed by atoms with van der Waals surface area (Å²) in [5.41, 5.74) is 0.208. The van der Waals surface area contributed by atoms with Gasteiger partial charge in [-0.2, -0.15) is 0 Å². The van der Waals surface area contributed by atoms with Gasteiger partial charge in [0.2, 0.25) is 0 Å². The minimum absolute atomic E-state index is 0.208. The van der Waals surface area contributed by atoms with Crippen LogP contribution in [0.5, 0.6) is 0 Å². The number of ether oxygens (including phenoxy) is 3. The number of hydrogen-bond donors (Lipinski definition) is 1. The average molecular weight is 372 g/mol. The molecule has 136 valence electrons. The fourth-order valence-corrected chi connectivity index (χ4v) is 2.15. The molecule has 9 heteroatoms. The molecule has 1 N–H and O–H groups in total. The van der Waals surface area contributed by atoms with Gasteiger partial charge < -0.3 is 19.5 Å². The fourth-order valence-electron chi connectivity index (χ4n) is 2.03. The van der Waals surface area contributed by atoms with E-state index < -0.39 is 42.2 Å². The largest absolute Gasteiger partial charge is 0.469 e. The molecule has 0 saturated heterocycles. The minimum atomic E-state index is -1.43. The standard InChI is InChI=1S/C16H18ClNO7/c1-23-12(19)8-11(15(21)24-2)13(16(22)25-3)18-14(20)9-4-6-10(17)7-5-9/h4-7,11,13H,8H2,1-3H3,(H,18,20)/t11-,13+/m0/s1. The lowest BCUT2D eigenvalue weighted by Crippen LogP contribution is -2.50. The molecule has 8 nitrogen and oxygen atoms in total. The Morgan fingerprint density at radius 2 is 1.52 bits per heavy atom. The zero-order valence-electron chi connectivity index (χ0n) is 13.9. The molecule has 0 saturated carbocycles. The molecule has 0 fully saturated rings. The fraction of sp³-hybridized carbons (Fsp3) is 0.375. The summed E-state index contributed by atoms with van der Waals surface area (Å²) in [6.07, 6.45) is -0.468. The molecule has 1 rings (SSSR count). The maximum absolute atomic E-state index is 12.3. The van der Waals surface area contributed by atoms with Crippen LogP contribution in [0.1, 0.15) is 16.8 Å². The highest BCUT2D eigenvalue weighted by Crippen LogP contribution is 2.16. The summed E-state index contributed by atoms with van der Waals surface area (Å²) >= 11 is 5.76. The summed E-state index contributed by atoms with van der Waals surface area (Å²) < 4.78 is 13.8. The van der Waals surface area contributed by atoms with E-state index in [1.807, 2.05) is 0 Å². The molecular weight excluding hydrogens is 354 g/mol. The molecule has 0 aromatic heterocycles. The van der Waals surface area contributed by atoms with Crippen molar-refractivity contribution in [2.24, 2.45) is 5.92 Å². The van der Waals surface area contributed by atoms with Crippen LogP contribution in [0, 0.1) is 5.92 Å². The normalized spacial score (nSPS) is 12.5. The van der Waals surface area contributed by atoms with Gasteiger partial charge in [-0.15, -0.1) is 0 Å². The molecule has 0 unspecified atom stereocenters. The second kappa shape index (κ2) is 9.63. The molecule has 25 heavy (non-hydrogen) atoms. The van der Waals surface area contributed by atoms with Crippen LogP contribution in [0.2, 0.25) is 5.02 Å². The number of methoxy groups -OCH3 is 3. The van der Waals surface area contributed by atoms with Crippen molar-refractivity contribution in [2.75, 3.05) is 21.3 Å². The monoisotopic (exact) mass is 371 g/mol. The van der Waals surface area contributed by atoms with E-state index in [0.717, 1.165) is 21.3 Å².